The maximum Gasteiger partial charge on any atom is 0.416 e. The van der Waals surface area contributed by atoms with E-state index >= 15 is 0 Å². The Hall–Kier alpha value is -3.02. The molecule has 12 heteroatoms. The molecular weight excluding hydrogens is 407 g/mol. The molecule has 0 saturated carbocycles. The van der Waals surface area contributed by atoms with Crippen LogP contribution >= 0.6 is 0 Å². The van der Waals surface area contributed by atoms with Crippen molar-refractivity contribution in [2.45, 2.75) is 17.6 Å². The highest BCUT2D eigenvalue weighted by molar-refractivity contribution is 7.92. The van der Waals surface area contributed by atoms with Gasteiger partial charge in [0.25, 0.3) is 16.0 Å². The van der Waals surface area contributed by atoms with Crippen molar-refractivity contribution >= 4 is 16.0 Å². The fraction of sp³-hybridized carbons (Fsp3) is 0.125. The first-order valence-corrected chi connectivity index (χ1v) is 9.06. The lowest BCUT2D eigenvalue weighted by atomic mass is 10.1. The number of sulfonamides is 1. The molecule has 1 heterocycles. The Morgan fingerprint density at radius 3 is 2.50 bits per heavy atom. The van der Waals surface area contributed by atoms with Crippen molar-refractivity contribution in [3.05, 3.63) is 71.6 Å². The van der Waals surface area contributed by atoms with Gasteiger partial charge in [-0.2, -0.15) is 18.2 Å². The lowest BCUT2D eigenvalue weighted by Gasteiger charge is -2.08. The highest BCUT2D eigenvalue weighted by Gasteiger charge is 2.30. The fourth-order valence-electron chi connectivity index (χ4n) is 2.32. The van der Waals surface area contributed by atoms with Crippen molar-refractivity contribution in [1.82, 2.24) is 14.8 Å². The van der Waals surface area contributed by atoms with Gasteiger partial charge in [0.15, 0.2) is 0 Å². The summed E-state index contributed by atoms with van der Waals surface area (Å²) < 4.78 is 92.2. The van der Waals surface area contributed by atoms with Crippen LogP contribution in [0.1, 0.15) is 11.1 Å². The topological polar surface area (TPSA) is 76.9 Å². The third kappa shape index (κ3) is 4.44. The fourth-order valence-corrected chi connectivity index (χ4v) is 3.33. The second-order valence-electron chi connectivity index (χ2n) is 5.64. The second kappa shape index (κ2) is 7.19. The largest absolute Gasteiger partial charge is 0.416 e. The number of aromatic nitrogens is 3. The van der Waals surface area contributed by atoms with E-state index in [2.05, 4.69) is 10.1 Å². The van der Waals surface area contributed by atoms with E-state index < -0.39 is 44.2 Å². The molecule has 28 heavy (non-hydrogen) atoms. The number of nitrogens with zero attached hydrogens (tertiary/aromatic N) is 3. The zero-order valence-corrected chi connectivity index (χ0v) is 14.6. The third-order valence-corrected chi connectivity index (χ3v) is 4.91. The molecule has 3 rings (SSSR count). The summed E-state index contributed by atoms with van der Waals surface area (Å²) in [5.41, 5.74) is -0.573. The predicted molar refractivity (Wildman–Crippen MR) is 87.7 cm³/mol. The summed E-state index contributed by atoms with van der Waals surface area (Å²) in [6, 6.07) is 6.45. The molecule has 0 spiro atoms. The number of hydrogen-bond acceptors (Lipinski definition) is 4. The molecule has 0 aliphatic rings. The standard InChI is InChI=1S/C16H11F5N4O2S/c17-12-4-5-14(13(18)7-12)28(26,27)24-15-22-9-25(23-15)8-10-2-1-3-11(6-10)16(19,20)21/h1-7,9H,8H2,(H,23,24). The minimum Gasteiger partial charge on any atom is -0.246 e. The SMILES string of the molecule is O=S(=O)(Nc1ncn(Cc2cccc(C(F)(F)F)c2)n1)c1ccc(F)cc1F. The van der Waals surface area contributed by atoms with Crippen molar-refractivity contribution in [3.63, 3.8) is 0 Å². The van der Waals surface area contributed by atoms with Gasteiger partial charge in [0.2, 0.25) is 0 Å². The Bertz CT molecular complexity index is 1110. The Morgan fingerprint density at radius 2 is 1.82 bits per heavy atom. The summed E-state index contributed by atoms with van der Waals surface area (Å²) in [6.45, 7) is -0.108. The lowest BCUT2D eigenvalue weighted by Crippen LogP contribution is -2.16. The van der Waals surface area contributed by atoms with Gasteiger partial charge in [0.05, 0.1) is 12.1 Å². The molecule has 0 atom stereocenters. The van der Waals surface area contributed by atoms with Crippen LogP contribution < -0.4 is 4.72 Å². The Labute approximate surface area is 155 Å². The Morgan fingerprint density at radius 1 is 1.07 bits per heavy atom. The van der Waals surface area contributed by atoms with Crippen LogP contribution in [0.3, 0.4) is 0 Å². The van der Waals surface area contributed by atoms with Crippen molar-refractivity contribution < 1.29 is 30.4 Å². The van der Waals surface area contributed by atoms with E-state index in [-0.39, 0.29) is 12.1 Å². The molecule has 0 saturated heterocycles. The molecule has 2 aromatic carbocycles. The van der Waals surface area contributed by atoms with Gasteiger partial charge in [0.1, 0.15) is 22.9 Å². The summed E-state index contributed by atoms with van der Waals surface area (Å²) in [5.74, 6) is -2.66. The minimum absolute atomic E-state index is 0.108. The average Bonchev–Trinajstić information content (AvgIpc) is 3.00. The number of alkyl halides is 3. The zero-order valence-electron chi connectivity index (χ0n) is 13.8. The van der Waals surface area contributed by atoms with Gasteiger partial charge in [-0.25, -0.2) is 26.6 Å². The lowest BCUT2D eigenvalue weighted by molar-refractivity contribution is -0.137. The van der Waals surface area contributed by atoms with E-state index in [0.29, 0.717) is 6.07 Å². The van der Waals surface area contributed by atoms with E-state index in [9.17, 15) is 30.4 Å². The first-order valence-electron chi connectivity index (χ1n) is 7.58. The van der Waals surface area contributed by atoms with Crippen LogP contribution in [-0.4, -0.2) is 23.2 Å². The number of halogens is 5. The summed E-state index contributed by atoms with van der Waals surface area (Å²) in [7, 11) is -4.43. The van der Waals surface area contributed by atoms with Crippen LogP contribution in [0.5, 0.6) is 0 Å². The van der Waals surface area contributed by atoms with Gasteiger partial charge >= 0.3 is 6.18 Å². The normalized spacial score (nSPS) is 12.2. The molecule has 0 amide bonds. The van der Waals surface area contributed by atoms with E-state index in [1.807, 2.05) is 4.72 Å². The summed E-state index contributed by atoms with van der Waals surface area (Å²) in [4.78, 5) is 2.88. The first kappa shape index (κ1) is 19.7. The van der Waals surface area contributed by atoms with Crippen molar-refractivity contribution in [2.75, 3.05) is 4.72 Å². The van der Waals surface area contributed by atoms with E-state index in [4.69, 9.17) is 0 Å². The number of nitrogens with one attached hydrogen (secondary N) is 1. The van der Waals surface area contributed by atoms with Gasteiger partial charge in [-0.15, -0.1) is 5.10 Å². The van der Waals surface area contributed by atoms with Gasteiger partial charge in [-0.1, -0.05) is 12.1 Å². The summed E-state index contributed by atoms with van der Waals surface area (Å²) in [6.07, 6.45) is -3.41. The first-order chi connectivity index (χ1) is 13.0. The average molecular weight is 418 g/mol. The molecule has 0 fully saturated rings. The van der Waals surface area contributed by atoms with Crippen LogP contribution in [0.15, 0.2) is 53.7 Å². The van der Waals surface area contributed by atoms with Crippen LogP contribution in [0.2, 0.25) is 0 Å². The molecule has 6 nitrogen and oxygen atoms in total. The van der Waals surface area contributed by atoms with Gasteiger partial charge in [-0.3, -0.25) is 0 Å². The van der Waals surface area contributed by atoms with Crippen LogP contribution in [0, 0.1) is 11.6 Å². The highest BCUT2D eigenvalue weighted by Crippen LogP contribution is 2.29. The Kier molecular flexibility index (Phi) is 5.06. The van der Waals surface area contributed by atoms with Gasteiger partial charge in [0, 0.05) is 6.07 Å². The number of anilines is 1. The van der Waals surface area contributed by atoms with E-state index in [0.717, 1.165) is 35.3 Å². The van der Waals surface area contributed by atoms with E-state index in [1.165, 1.54) is 12.1 Å². The molecule has 0 aliphatic heterocycles. The summed E-state index contributed by atoms with van der Waals surface area (Å²) in [5, 5.41) is 3.79. The monoisotopic (exact) mass is 418 g/mol. The quantitative estimate of drug-likeness (QED) is 0.645. The number of benzene rings is 2. The van der Waals surface area contributed by atoms with Crippen molar-refractivity contribution in [2.24, 2.45) is 0 Å². The van der Waals surface area contributed by atoms with Crippen LogP contribution in [0.25, 0.3) is 0 Å². The third-order valence-electron chi connectivity index (χ3n) is 3.54. The molecule has 0 radical (unpaired) electrons. The molecule has 0 aliphatic carbocycles. The second-order valence-corrected chi connectivity index (χ2v) is 7.29. The maximum absolute atomic E-state index is 13.7. The maximum atomic E-state index is 13.7. The highest BCUT2D eigenvalue weighted by atomic mass is 32.2. The van der Waals surface area contributed by atoms with Gasteiger partial charge < -0.3 is 0 Å². The minimum atomic E-state index is -4.50. The van der Waals surface area contributed by atoms with E-state index in [1.54, 1.807) is 0 Å². The molecule has 148 valence electrons. The summed E-state index contributed by atoms with van der Waals surface area (Å²) >= 11 is 0. The van der Waals surface area contributed by atoms with Gasteiger partial charge in [-0.05, 0) is 29.8 Å². The number of rotatable bonds is 5. The van der Waals surface area contributed by atoms with Crippen molar-refractivity contribution in [3.8, 4) is 0 Å². The molecular formula is C16H11F5N4O2S. The van der Waals surface area contributed by atoms with Crippen LogP contribution in [-0.2, 0) is 22.7 Å². The molecule has 0 bridgehead atoms. The predicted octanol–water partition coefficient (Wildman–Crippen LogP) is 3.42. The zero-order chi connectivity index (χ0) is 20.5. The number of hydrogen-bond donors (Lipinski definition) is 1. The molecule has 1 aromatic heterocycles. The van der Waals surface area contributed by atoms with Crippen LogP contribution in [0.4, 0.5) is 27.9 Å². The molecule has 3 aromatic rings. The molecule has 1 N–H and O–H groups in total. The molecule has 0 unspecified atom stereocenters. The smallest absolute Gasteiger partial charge is 0.246 e. The van der Waals surface area contributed by atoms with Crippen molar-refractivity contribution in [1.29, 1.82) is 0 Å². The Balaban J connectivity index is 1.77.